The van der Waals surface area contributed by atoms with Crippen LogP contribution in [0.4, 0.5) is 0 Å². The summed E-state index contributed by atoms with van der Waals surface area (Å²) in [6.45, 7) is 0.490. The Hall–Kier alpha value is -2.60. The van der Waals surface area contributed by atoms with Crippen LogP contribution in [0, 0.1) is 0 Å². The van der Waals surface area contributed by atoms with E-state index < -0.39 is 0 Å². The summed E-state index contributed by atoms with van der Waals surface area (Å²) in [6.07, 6.45) is 1.15. The number of carbonyl (C=O) groups is 2. The fraction of sp³-hybridized carbons (Fsp3) is 0.222. The van der Waals surface area contributed by atoms with Crippen LogP contribution in [0.3, 0.4) is 0 Å². The van der Waals surface area contributed by atoms with Gasteiger partial charge in [0, 0.05) is 31.1 Å². The first-order valence-corrected chi connectivity index (χ1v) is 8.48. The van der Waals surface area contributed by atoms with Gasteiger partial charge in [-0.1, -0.05) is 18.2 Å². The van der Waals surface area contributed by atoms with Gasteiger partial charge in [0.1, 0.15) is 11.0 Å². The van der Waals surface area contributed by atoms with Gasteiger partial charge in [-0.2, -0.15) is 8.75 Å². The smallest absolute Gasteiger partial charge is 0.254 e. The summed E-state index contributed by atoms with van der Waals surface area (Å²) < 4.78 is 8.42. The Morgan fingerprint density at radius 3 is 2.88 bits per heavy atom. The molecule has 0 saturated heterocycles. The minimum Gasteiger partial charge on any atom is -0.337 e. The summed E-state index contributed by atoms with van der Waals surface area (Å²) in [5, 5.41) is 0. The van der Waals surface area contributed by atoms with Gasteiger partial charge < -0.3 is 4.90 Å². The number of rotatable bonds is 3. The lowest BCUT2D eigenvalue weighted by Crippen LogP contribution is -2.27. The molecule has 0 saturated carbocycles. The van der Waals surface area contributed by atoms with E-state index in [1.165, 1.54) is 11.7 Å². The number of nitrogens with zero attached hydrogens (tertiary/aromatic N) is 3. The largest absolute Gasteiger partial charge is 0.337 e. The van der Waals surface area contributed by atoms with E-state index in [-0.39, 0.29) is 11.7 Å². The monoisotopic (exact) mass is 337 g/mol. The molecule has 0 unspecified atom stereocenters. The number of hydrogen-bond acceptors (Lipinski definition) is 5. The van der Waals surface area contributed by atoms with Gasteiger partial charge in [0.05, 0.1) is 11.7 Å². The lowest BCUT2D eigenvalue weighted by Gasteiger charge is -2.19. The third-order valence-electron chi connectivity index (χ3n) is 4.39. The van der Waals surface area contributed by atoms with E-state index in [0.717, 1.165) is 22.2 Å². The second kappa shape index (κ2) is 5.79. The first kappa shape index (κ1) is 15.0. The van der Waals surface area contributed by atoms with Crippen molar-refractivity contribution in [2.24, 2.45) is 0 Å². The number of ketones is 1. The Morgan fingerprint density at radius 2 is 2.00 bits per heavy atom. The molecule has 1 amide bonds. The molecule has 0 fully saturated rings. The fourth-order valence-corrected chi connectivity index (χ4v) is 3.69. The van der Waals surface area contributed by atoms with Crippen molar-refractivity contribution < 1.29 is 9.59 Å². The molecule has 4 rings (SSSR count). The van der Waals surface area contributed by atoms with Gasteiger partial charge in [-0.25, -0.2) is 0 Å². The van der Waals surface area contributed by atoms with Crippen molar-refractivity contribution in [3.63, 3.8) is 0 Å². The van der Waals surface area contributed by atoms with Gasteiger partial charge >= 0.3 is 0 Å². The van der Waals surface area contributed by atoms with Crippen LogP contribution in [0.5, 0.6) is 0 Å². The van der Waals surface area contributed by atoms with Gasteiger partial charge in [-0.15, -0.1) is 0 Å². The average Bonchev–Trinajstić information content (AvgIpc) is 3.20. The predicted octanol–water partition coefficient (Wildman–Crippen LogP) is 3.09. The predicted molar refractivity (Wildman–Crippen MR) is 92.3 cm³/mol. The van der Waals surface area contributed by atoms with Crippen LogP contribution in [0.2, 0.25) is 0 Å². The van der Waals surface area contributed by atoms with Crippen molar-refractivity contribution in [1.29, 1.82) is 0 Å². The molecule has 24 heavy (non-hydrogen) atoms. The molecule has 2 aromatic carbocycles. The zero-order chi connectivity index (χ0) is 16.7. The van der Waals surface area contributed by atoms with E-state index in [1.54, 1.807) is 18.0 Å². The average molecular weight is 337 g/mol. The zero-order valence-electron chi connectivity index (χ0n) is 13.2. The Balaban J connectivity index is 1.59. The lowest BCUT2D eigenvalue weighted by atomic mass is 10.0. The summed E-state index contributed by atoms with van der Waals surface area (Å²) in [4.78, 5) is 26.4. The third kappa shape index (κ3) is 2.49. The molecular formula is C18H15N3O2S. The third-order valence-corrected chi connectivity index (χ3v) is 4.95. The van der Waals surface area contributed by atoms with Crippen molar-refractivity contribution in [1.82, 2.24) is 13.6 Å². The van der Waals surface area contributed by atoms with Crippen LogP contribution < -0.4 is 0 Å². The van der Waals surface area contributed by atoms with Crippen molar-refractivity contribution in [3.8, 4) is 0 Å². The Morgan fingerprint density at radius 1 is 1.17 bits per heavy atom. The van der Waals surface area contributed by atoms with Crippen LogP contribution in [0.25, 0.3) is 11.0 Å². The summed E-state index contributed by atoms with van der Waals surface area (Å²) in [7, 11) is 1.78. The molecule has 3 aromatic rings. The normalized spacial score (nSPS) is 13.3. The molecule has 0 atom stereocenters. The molecule has 0 radical (unpaired) electrons. The minimum atomic E-state index is -0.0574. The van der Waals surface area contributed by atoms with E-state index in [9.17, 15) is 9.59 Å². The number of aromatic nitrogens is 2. The zero-order valence-corrected chi connectivity index (χ0v) is 14.0. The number of Topliss-reactive ketones (excluding diaryl/α,β-unsaturated/α-hetero) is 1. The van der Waals surface area contributed by atoms with E-state index >= 15 is 0 Å². The van der Waals surface area contributed by atoms with Gasteiger partial charge in [0.25, 0.3) is 5.91 Å². The molecule has 1 aliphatic carbocycles. The Kier molecular flexibility index (Phi) is 3.61. The second-order valence-corrected chi connectivity index (χ2v) is 6.53. The SMILES string of the molecule is CN(Cc1ccc2nsnc2c1)C(=O)c1cccc2c1CCC2=O. The molecule has 0 N–H and O–H groups in total. The maximum atomic E-state index is 12.8. The van der Waals surface area contributed by atoms with Gasteiger partial charge in [0.15, 0.2) is 5.78 Å². The Labute approximate surface area is 143 Å². The second-order valence-electron chi connectivity index (χ2n) is 6.00. The molecule has 0 bridgehead atoms. The van der Waals surface area contributed by atoms with Crippen LogP contribution in [-0.4, -0.2) is 32.4 Å². The van der Waals surface area contributed by atoms with Gasteiger partial charge in [0.2, 0.25) is 0 Å². The fourth-order valence-electron chi connectivity index (χ4n) is 3.17. The molecule has 0 spiro atoms. The summed E-state index contributed by atoms with van der Waals surface area (Å²) >= 11 is 1.18. The van der Waals surface area contributed by atoms with E-state index in [1.807, 2.05) is 30.3 Å². The standard InChI is InChI=1S/C18H15N3O2S/c1-21(10-11-5-7-15-16(9-11)20-24-19-15)18(23)14-4-2-3-13-12(14)6-8-17(13)22/h2-5,7,9H,6,8,10H2,1H3. The topological polar surface area (TPSA) is 63.2 Å². The molecular weight excluding hydrogens is 322 g/mol. The number of benzene rings is 2. The summed E-state index contributed by atoms with van der Waals surface area (Å²) in [5.41, 5.74) is 4.95. The maximum Gasteiger partial charge on any atom is 0.254 e. The molecule has 6 heteroatoms. The van der Waals surface area contributed by atoms with E-state index in [2.05, 4.69) is 8.75 Å². The van der Waals surface area contributed by atoms with Crippen molar-refractivity contribution in [2.75, 3.05) is 7.05 Å². The van der Waals surface area contributed by atoms with E-state index in [4.69, 9.17) is 0 Å². The number of carbonyl (C=O) groups excluding carboxylic acids is 2. The van der Waals surface area contributed by atoms with Gasteiger partial charge in [-0.05, 0) is 35.7 Å². The minimum absolute atomic E-state index is 0.0574. The molecule has 5 nitrogen and oxygen atoms in total. The molecule has 1 heterocycles. The highest BCUT2D eigenvalue weighted by Gasteiger charge is 2.25. The lowest BCUT2D eigenvalue weighted by molar-refractivity contribution is 0.0784. The van der Waals surface area contributed by atoms with Crippen molar-refractivity contribution >= 4 is 34.5 Å². The quantitative estimate of drug-likeness (QED) is 0.737. The van der Waals surface area contributed by atoms with Gasteiger partial charge in [-0.3, -0.25) is 9.59 Å². The highest BCUT2D eigenvalue weighted by Crippen LogP contribution is 2.26. The Bertz CT molecular complexity index is 964. The first-order valence-electron chi connectivity index (χ1n) is 7.75. The van der Waals surface area contributed by atoms with Crippen molar-refractivity contribution in [3.05, 3.63) is 58.7 Å². The number of fused-ring (bicyclic) bond motifs is 2. The van der Waals surface area contributed by atoms with E-state index in [0.29, 0.717) is 30.5 Å². The molecule has 1 aromatic heterocycles. The first-order chi connectivity index (χ1) is 11.6. The van der Waals surface area contributed by atoms with Crippen LogP contribution in [0.1, 0.15) is 38.3 Å². The molecule has 0 aliphatic heterocycles. The maximum absolute atomic E-state index is 12.8. The highest BCUT2D eigenvalue weighted by molar-refractivity contribution is 7.00. The summed E-state index contributed by atoms with van der Waals surface area (Å²) in [6, 6.07) is 11.3. The van der Waals surface area contributed by atoms with Crippen LogP contribution >= 0.6 is 11.7 Å². The van der Waals surface area contributed by atoms with Crippen molar-refractivity contribution in [2.45, 2.75) is 19.4 Å². The van der Waals surface area contributed by atoms with Crippen LogP contribution in [0.15, 0.2) is 36.4 Å². The van der Waals surface area contributed by atoms with Crippen LogP contribution in [-0.2, 0) is 13.0 Å². The number of hydrogen-bond donors (Lipinski definition) is 0. The highest BCUT2D eigenvalue weighted by atomic mass is 32.1. The molecule has 120 valence electrons. The molecule has 1 aliphatic rings. The summed E-state index contributed by atoms with van der Waals surface area (Å²) in [5.74, 6) is 0.0711. The number of amides is 1.